The SMILES string of the molecule is CCC(=O)CCCCCC(NC(=O)C1CN(C)C1)c1ncc(-c2ccc(-n3cccn3)cc2)o1. The normalized spacial score (nSPS) is 15.1. The zero-order valence-corrected chi connectivity index (χ0v) is 19.9. The fourth-order valence-corrected chi connectivity index (χ4v) is 4.22. The van der Waals surface area contributed by atoms with E-state index in [4.69, 9.17) is 4.42 Å². The third-order valence-corrected chi connectivity index (χ3v) is 6.34. The molecule has 8 nitrogen and oxygen atoms in total. The van der Waals surface area contributed by atoms with Gasteiger partial charge in [-0.2, -0.15) is 5.10 Å². The number of rotatable bonds is 12. The van der Waals surface area contributed by atoms with Crippen LogP contribution < -0.4 is 5.32 Å². The third kappa shape index (κ3) is 5.99. The highest BCUT2D eigenvalue weighted by atomic mass is 16.4. The van der Waals surface area contributed by atoms with Crippen LogP contribution in [0.2, 0.25) is 0 Å². The number of carbonyl (C=O) groups is 2. The Kier molecular flexibility index (Phi) is 7.90. The average Bonchev–Trinajstić information content (AvgIpc) is 3.53. The number of amides is 1. The molecule has 0 spiro atoms. The minimum absolute atomic E-state index is 0.0129. The number of benzene rings is 1. The molecule has 3 heterocycles. The Balaban J connectivity index is 1.41. The molecular formula is C26H33N5O3. The maximum atomic E-state index is 12.7. The second-order valence-corrected chi connectivity index (χ2v) is 9.03. The van der Waals surface area contributed by atoms with Crippen LogP contribution in [0.15, 0.2) is 53.3 Å². The first-order valence-corrected chi connectivity index (χ1v) is 12.1. The van der Waals surface area contributed by atoms with Crippen molar-refractivity contribution in [2.75, 3.05) is 20.1 Å². The van der Waals surface area contributed by atoms with Crippen LogP contribution >= 0.6 is 0 Å². The molecular weight excluding hydrogens is 430 g/mol. The molecule has 0 radical (unpaired) electrons. The van der Waals surface area contributed by atoms with E-state index < -0.39 is 0 Å². The molecule has 180 valence electrons. The monoisotopic (exact) mass is 463 g/mol. The number of nitrogens with one attached hydrogen (secondary N) is 1. The molecule has 1 N–H and O–H groups in total. The lowest BCUT2D eigenvalue weighted by molar-refractivity contribution is -0.130. The lowest BCUT2D eigenvalue weighted by Crippen LogP contribution is -2.52. The maximum Gasteiger partial charge on any atom is 0.226 e. The number of aromatic nitrogens is 3. The molecule has 4 rings (SSSR count). The Morgan fingerprint density at radius 3 is 2.65 bits per heavy atom. The van der Waals surface area contributed by atoms with Gasteiger partial charge in [0.15, 0.2) is 5.76 Å². The predicted molar refractivity (Wildman–Crippen MR) is 129 cm³/mol. The van der Waals surface area contributed by atoms with E-state index in [9.17, 15) is 9.59 Å². The Morgan fingerprint density at radius 1 is 1.18 bits per heavy atom. The summed E-state index contributed by atoms with van der Waals surface area (Å²) < 4.78 is 7.91. The van der Waals surface area contributed by atoms with Gasteiger partial charge >= 0.3 is 0 Å². The zero-order valence-electron chi connectivity index (χ0n) is 19.9. The van der Waals surface area contributed by atoms with Crippen molar-refractivity contribution in [3.8, 4) is 17.0 Å². The van der Waals surface area contributed by atoms with Gasteiger partial charge in [0.25, 0.3) is 0 Å². The van der Waals surface area contributed by atoms with Gasteiger partial charge in [0.1, 0.15) is 11.8 Å². The Morgan fingerprint density at radius 2 is 1.97 bits per heavy atom. The third-order valence-electron chi connectivity index (χ3n) is 6.34. The molecule has 0 aliphatic carbocycles. The number of Topliss-reactive ketones (excluding diaryl/α,β-unsaturated/α-hetero) is 1. The lowest BCUT2D eigenvalue weighted by Gasteiger charge is -2.35. The number of oxazole rings is 1. The number of ketones is 1. The number of hydrogen-bond acceptors (Lipinski definition) is 6. The van der Waals surface area contributed by atoms with Gasteiger partial charge in [-0.1, -0.05) is 19.8 Å². The Bertz CT molecular complexity index is 1070. The van der Waals surface area contributed by atoms with Gasteiger partial charge in [0.2, 0.25) is 11.8 Å². The molecule has 3 aromatic rings. The van der Waals surface area contributed by atoms with Crippen LogP contribution in [-0.2, 0) is 9.59 Å². The van der Waals surface area contributed by atoms with Gasteiger partial charge in [-0.3, -0.25) is 9.59 Å². The molecule has 1 aliphatic heterocycles. The van der Waals surface area contributed by atoms with Gasteiger partial charge in [-0.05, 0) is 50.2 Å². The summed E-state index contributed by atoms with van der Waals surface area (Å²) in [4.78, 5) is 30.9. The molecule has 1 saturated heterocycles. The molecule has 1 unspecified atom stereocenters. The number of carbonyl (C=O) groups excluding carboxylic acids is 2. The number of hydrogen-bond donors (Lipinski definition) is 1. The second kappa shape index (κ2) is 11.2. The van der Waals surface area contributed by atoms with Crippen LogP contribution in [0.4, 0.5) is 0 Å². The molecule has 1 atom stereocenters. The van der Waals surface area contributed by atoms with Crippen molar-refractivity contribution < 1.29 is 14.0 Å². The summed E-state index contributed by atoms with van der Waals surface area (Å²) >= 11 is 0. The summed E-state index contributed by atoms with van der Waals surface area (Å²) in [6, 6.07) is 9.52. The molecule has 0 saturated carbocycles. The number of likely N-dealkylation sites (tertiary alicyclic amines) is 1. The van der Waals surface area contributed by atoms with Crippen molar-refractivity contribution in [1.82, 2.24) is 25.0 Å². The summed E-state index contributed by atoms with van der Waals surface area (Å²) in [5.41, 5.74) is 1.88. The van der Waals surface area contributed by atoms with E-state index in [2.05, 4.69) is 20.3 Å². The molecule has 2 aromatic heterocycles. The highest BCUT2D eigenvalue weighted by molar-refractivity contribution is 5.80. The van der Waals surface area contributed by atoms with E-state index in [0.717, 1.165) is 50.0 Å². The summed E-state index contributed by atoms with van der Waals surface area (Å²) in [7, 11) is 2.01. The molecule has 1 fully saturated rings. The lowest BCUT2D eigenvalue weighted by atomic mass is 9.99. The highest BCUT2D eigenvalue weighted by Crippen LogP contribution is 2.27. The quantitative estimate of drug-likeness (QED) is 0.405. The maximum absolute atomic E-state index is 12.7. The number of nitrogens with zero attached hydrogens (tertiary/aromatic N) is 4. The van der Waals surface area contributed by atoms with E-state index in [1.54, 1.807) is 17.1 Å². The molecule has 1 aromatic carbocycles. The first-order chi connectivity index (χ1) is 16.5. The van der Waals surface area contributed by atoms with Gasteiger partial charge < -0.3 is 14.6 Å². The first kappa shape index (κ1) is 23.9. The predicted octanol–water partition coefficient (Wildman–Crippen LogP) is 4.18. The topological polar surface area (TPSA) is 93.3 Å². The fourth-order valence-electron chi connectivity index (χ4n) is 4.22. The van der Waals surface area contributed by atoms with Crippen LogP contribution in [0.5, 0.6) is 0 Å². The van der Waals surface area contributed by atoms with Crippen LogP contribution in [0.1, 0.15) is 57.4 Å². The van der Waals surface area contributed by atoms with Crippen molar-refractivity contribution >= 4 is 11.7 Å². The molecule has 1 aliphatic rings. The minimum atomic E-state index is -0.280. The van der Waals surface area contributed by atoms with Crippen LogP contribution in [-0.4, -0.2) is 51.5 Å². The smallest absolute Gasteiger partial charge is 0.226 e. The molecule has 34 heavy (non-hydrogen) atoms. The van der Waals surface area contributed by atoms with E-state index in [1.807, 2.05) is 50.5 Å². The standard InChI is InChI=1S/C26H33N5O3/c1-3-22(32)8-5-4-6-9-23(29-25(33)20-17-30(2)18-20)26-27-16-24(34-26)19-10-12-21(13-11-19)31-15-7-14-28-31/h7,10-16,20,23H,3-6,8-9,17-18H2,1-2H3,(H,29,33). The first-order valence-electron chi connectivity index (χ1n) is 12.1. The van der Waals surface area contributed by atoms with Crippen molar-refractivity contribution in [1.29, 1.82) is 0 Å². The van der Waals surface area contributed by atoms with E-state index in [-0.39, 0.29) is 17.9 Å². The van der Waals surface area contributed by atoms with Crippen molar-refractivity contribution in [3.05, 3.63) is 54.8 Å². The van der Waals surface area contributed by atoms with Crippen molar-refractivity contribution in [2.45, 2.75) is 51.5 Å². The molecule has 8 heteroatoms. The Labute approximate surface area is 200 Å². The van der Waals surface area contributed by atoms with Gasteiger partial charge in [-0.25, -0.2) is 9.67 Å². The van der Waals surface area contributed by atoms with E-state index in [0.29, 0.717) is 30.3 Å². The second-order valence-electron chi connectivity index (χ2n) is 9.03. The zero-order chi connectivity index (χ0) is 23.9. The largest absolute Gasteiger partial charge is 0.438 e. The summed E-state index contributed by atoms with van der Waals surface area (Å²) in [6.45, 7) is 3.45. The van der Waals surface area contributed by atoms with Gasteiger partial charge in [-0.15, -0.1) is 0 Å². The average molecular weight is 464 g/mol. The summed E-state index contributed by atoms with van der Waals surface area (Å²) in [5.74, 6) is 1.55. The minimum Gasteiger partial charge on any atom is -0.438 e. The van der Waals surface area contributed by atoms with Crippen LogP contribution in [0.3, 0.4) is 0 Å². The fraction of sp³-hybridized carbons (Fsp3) is 0.462. The van der Waals surface area contributed by atoms with E-state index >= 15 is 0 Å². The summed E-state index contributed by atoms with van der Waals surface area (Å²) in [6.07, 6.45) is 10.0. The van der Waals surface area contributed by atoms with E-state index in [1.165, 1.54) is 0 Å². The van der Waals surface area contributed by atoms with Crippen LogP contribution in [0, 0.1) is 5.92 Å². The van der Waals surface area contributed by atoms with Gasteiger partial charge in [0.05, 0.1) is 17.8 Å². The van der Waals surface area contributed by atoms with Gasteiger partial charge in [0, 0.05) is 43.9 Å². The molecule has 1 amide bonds. The Hall–Kier alpha value is -3.26. The molecule has 0 bridgehead atoms. The van der Waals surface area contributed by atoms with Crippen molar-refractivity contribution in [2.24, 2.45) is 5.92 Å². The van der Waals surface area contributed by atoms with Crippen molar-refractivity contribution in [3.63, 3.8) is 0 Å². The summed E-state index contributed by atoms with van der Waals surface area (Å²) in [5, 5.41) is 7.41. The van der Waals surface area contributed by atoms with Crippen LogP contribution in [0.25, 0.3) is 17.0 Å². The number of unbranched alkanes of at least 4 members (excludes halogenated alkanes) is 2. The highest BCUT2D eigenvalue weighted by Gasteiger charge is 2.32.